The Morgan fingerprint density at radius 2 is 1.74 bits per heavy atom. The molecular weight excluding hydrogens is 238 g/mol. The smallest absolute Gasteiger partial charge is 0.152 e. The van der Waals surface area contributed by atoms with Gasteiger partial charge < -0.3 is 9.57 Å². The average Bonchev–Trinajstić information content (AvgIpc) is 2.98. The fourth-order valence-corrected chi connectivity index (χ4v) is 2.08. The maximum absolute atomic E-state index is 5.54. The van der Waals surface area contributed by atoms with E-state index in [-0.39, 0.29) is 6.04 Å². The zero-order valence-electron chi connectivity index (χ0n) is 10.7. The summed E-state index contributed by atoms with van der Waals surface area (Å²) < 4.78 is 5.16. The Labute approximate surface area is 112 Å². The topological polar surface area (TPSA) is 30.5 Å². The molecule has 1 aliphatic rings. The lowest BCUT2D eigenvalue weighted by molar-refractivity contribution is 0.162. The van der Waals surface area contributed by atoms with E-state index in [0.717, 1.165) is 22.6 Å². The standard InChI is InChI=1S/C16H15NO2/c1-18-14-9-7-12(8-10-14)15-11-16(19-17-15)13-5-3-2-4-6-13/h2-11,15,17H,1H3. The van der Waals surface area contributed by atoms with Crippen molar-refractivity contribution in [1.82, 2.24) is 5.48 Å². The van der Waals surface area contributed by atoms with Crippen LogP contribution in [-0.4, -0.2) is 7.11 Å². The molecule has 2 aromatic rings. The van der Waals surface area contributed by atoms with Crippen LogP contribution in [0.15, 0.2) is 60.7 Å². The number of rotatable bonds is 3. The summed E-state index contributed by atoms with van der Waals surface area (Å²) in [6, 6.07) is 18.1. The van der Waals surface area contributed by atoms with Crippen molar-refractivity contribution in [3.63, 3.8) is 0 Å². The van der Waals surface area contributed by atoms with E-state index in [2.05, 4.69) is 11.6 Å². The fraction of sp³-hybridized carbons (Fsp3) is 0.125. The lowest BCUT2D eigenvalue weighted by Gasteiger charge is -2.08. The van der Waals surface area contributed by atoms with Gasteiger partial charge in [0.25, 0.3) is 0 Å². The van der Waals surface area contributed by atoms with Gasteiger partial charge in [-0.3, -0.25) is 0 Å². The number of hydroxylamine groups is 1. The van der Waals surface area contributed by atoms with Gasteiger partial charge in [-0.1, -0.05) is 42.5 Å². The van der Waals surface area contributed by atoms with Crippen LogP contribution in [0.25, 0.3) is 5.76 Å². The molecule has 19 heavy (non-hydrogen) atoms. The van der Waals surface area contributed by atoms with Crippen LogP contribution in [0, 0.1) is 0 Å². The molecule has 2 aromatic carbocycles. The van der Waals surface area contributed by atoms with Crippen LogP contribution in [0.1, 0.15) is 17.2 Å². The summed E-state index contributed by atoms with van der Waals surface area (Å²) >= 11 is 0. The van der Waals surface area contributed by atoms with Crippen LogP contribution in [0.3, 0.4) is 0 Å². The Morgan fingerprint density at radius 1 is 1.00 bits per heavy atom. The summed E-state index contributed by atoms with van der Waals surface area (Å²) in [6.45, 7) is 0. The number of ether oxygens (including phenoxy) is 1. The Morgan fingerprint density at radius 3 is 2.42 bits per heavy atom. The molecule has 0 spiro atoms. The molecule has 0 amide bonds. The van der Waals surface area contributed by atoms with Gasteiger partial charge in [0.05, 0.1) is 13.2 Å². The van der Waals surface area contributed by atoms with Gasteiger partial charge in [-0.25, -0.2) is 0 Å². The zero-order valence-corrected chi connectivity index (χ0v) is 10.7. The van der Waals surface area contributed by atoms with Gasteiger partial charge in [0.15, 0.2) is 5.76 Å². The molecule has 0 saturated carbocycles. The normalized spacial score (nSPS) is 17.7. The first kappa shape index (κ1) is 11.8. The van der Waals surface area contributed by atoms with E-state index in [1.54, 1.807) is 7.11 Å². The lowest BCUT2D eigenvalue weighted by atomic mass is 10.1. The van der Waals surface area contributed by atoms with Gasteiger partial charge in [0.2, 0.25) is 0 Å². The molecule has 0 radical (unpaired) electrons. The van der Waals surface area contributed by atoms with Gasteiger partial charge in [0.1, 0.15) is 5.75 Å². The predicted octanol–water partition coefficient (Wildman–Crippen LogP) is 3.31. The minimum Gasteiger partial charge on any atom is -0.497 e. The summed E-state index contributed by atoms with van der Waals surface area (Å²) in [6.07, 6.45) is 2.08. The second kappa shape index (κ2) is 5.16. The van der Waals surface area contributed by atoms with E-state index in [1.807, 2.05) is 54.6 Å². The zero-order chi connectivity index (χ0) is 13.1. The summed E-state index contributed by atoms with van der Waals surface area (Å²) in [4.78, 5) is 5.54. The van der Waals surface area contributed by atoms with Crippen LogP contribution in [-0.2, 0) is 4.84 Å². The first-order valence-corrected chi connectivity index (χ1v) is 6.20. The predicted molar refractivity (Wildman–Crippen MR) is 74.4 cm³/mol. The highest BCUT2D eigenvalue weighted by molar-refractivity contribution is 5.62. The van der Waals surface area contributed by atoms with Crippen LogP contribution in [0.2, 0.25) is 0 Å². The molecule has 96 valence electrons. The fourth-order valence-electron chi connectivity index (χ4n) is 2.08. The number of hydrogen-bond acceptors (Lipinski definition) is 3. The van der Waals surface area contributed by atoms with Crippen molar-refractivity contribution in [2.24, 2.45) is 0 Å². The minimum absolute atomic E-state index is 0.0705. The molecule has 1 unspecified atom stereocenters. The monoisotopic (exact) mass is 253 g/mol. The van der Waals surface area contributed by atoms with E-state index in [1.165, 1.54) is 0 Å². The minimum atomic E-state index is 0.0705. The Hall–Kier alpha value is -2.26. The molecule has 3 nitrogen and oxygen atoms in total. The van der Waals surface area contributed by atoms with Gasteiger partial charge in [-0.15, -0.1) is 5.48 Å². The second-order valence-corrected chi connectivity index (χ2v) is 4.37. The molecule has 0 aromatic heterocycles. The van der Waals surface area contributed by atoms with Gasteiger partial charge in [0, 0.05) is 5.56 Å². The van der Waals surface area contributed by atoms with Crippen molar-refractivity contribution in [2.45, 2.75) is 6.04 Å². The average molecular weight is 253 g/mol. The largest absolute Gasteiger partial charge is 0.497 e. The van der Waals surface area contributed by atoms with E-state index >= 15 is 0 Å². The number of methoxy groups -OCH3 is 1. The SMILES string of the molecule is COc1ccc(C2C=C(c3ccccc3)ON2)cc1. The molecular formula is C16H15NO2. The molecule has 1 atom stereocenters. The van der Waals surface area contributed by atoms with E-state index in [0.29, 0.717) is 0 Å². The number of nitrogens with one attached hydrogen (secondary N) is 1. The van der Waals surface area contributed by atoms with Crippen LogP contribution < -0.4 is 10.2 Å². The third-order valence-electron chi connectivity index (χ3n) is 3.15. The van der Waals surface area contributed by atoms with E-state index in [4.69, 9.17) is 9.57 Å². The molecule has 1 heterocycles. The molecule has 0 fully saturated rings. The molecule has 0 bridgehead atoms. The Bertz CT molecular complexity index is 575. The van der Waals surface area contributed by atoms with Gasteiger partial charge in [-0.2, -0.15) is 0 Å². The van der Waals surface area contributed by atoms with Crippen molar-refractivity contribution in [3.8, 4) is 5.75 Å². The Balaban J connectivity index is 1.82. The third kappa shape index (κ3) is 2.46. The quantitative estimate of drug-likeness (QED) is 0.910. The molecule has 1 N–H and O–H groups in total. The maximum atomic E-state index is 5.54. The molecule has 3 rings (SSSR count). The van der Waals surface area contributed by atoms with Crippen LogP contribution in [0.4, 0.5) is 0 Å². The highest BCUT2D eigenvalue weighted by Crippen LogP contribution is 2.28. The van der Waals surface area contributed by atoms with Crippen molar-refractivity contribution < 1.29 is 9.57 Å². The van der Waals surface area contributed by atoms with E-state index in [9.17, 15) is 0 Å². The van der Waals surface area contributed by atoms with Crippen molar-refractivity contribution >= 4 is 5.76 Å². The summed E-state index contributed by atoms with van der Waals surface area (Å²) in [5.74, 6) is 1.72. The number of benzene rings is 2. The molecule has 0 aliphatic carbocycles. The van der Waals surface area contributed by atoms with Crippen molar-refractivity contribution in [2.75, 3.05) is 7.11 Å². The highest BCUT2D eigenvalue weighted by Gasteiger charge is 2.19. The summed E-state index contributed by atoms with van der Waals surface area (Å²) in [5.41, 5.74) is 5.25. The number of hydrogen-bond donors (Lipinski definition) is 1. The van der Waals surface area contributed by atoms with Crippen LogP contribution >= 0.6 is 0 Å². The molecule has 0 saturated heterocycles. The first-order chi connectivity index (χ1) is 9.36. The molecule has 3 heteroatoms. The van der Waals surface area contributed by atoms with E-state index < -0.39 is 0 Å². The summed E-state index contributed by atoms with van der Waals surface area (Å²) in [7, 11) is 1.67. The van der Waals surface area contributed by atoms with Crippen molar-refractivity contribution in [1.29, 1.82) is 0 Å². The van der Waals surface area contributed by atoms with Crippen LogP contribution in [0.5, 0.6) is 5.75 Å². The first-order valence-electron chi connectivity index (χ1n) is 6.20. The van der Waals surface area contributed by atoms with Crippen molar-refractivity contribution in [3.05, 3.63) is 71.8 Å². The Kier molecular flexibility index (Phi) is 3.21. The third-order valence-corrected chi connectivity index (χ3v) is 3.15. The molecule has 1 aliphatic heterocycles. The van der Waals surface area contributed by atoms with Gasteiger partial charge >= 0.3 is 0 Å². The van der Waals surface area contributed by atoms with Gasteiger partial charge in [-0.05, 0) is 23.8 Å². The second-order valence-electron chi connectivity index (χ2n) is 4.37. The lowest BCUT2D eigenvalue weighted by Crippen LogP contribution is -2.12. The maximum Gasteiger partial charge on any atom is 0.152 e. The highest BCUT2D eigenvalue weighted by atomic mass is 16.7. The summed E-state index contributed by atoms with van der Waals surface area (Å²) in [5, 5.41) is 0.